The fraction of sp³-hybridized carbons (Fsp3) is 0.471. The summed E-state index contributed by atoms with van der Waals surface area (Å²) in [7, 11) is -7.59. The molecule has 6 nitrogen and oxygen atoms in total. The molecule has 1 aliphatic carbocycles. The number of halogens is 1. The fourth-order valence-electron chi connectivity index (χ4n) is 3.05. The second-order valence-corrected chi connectivity index (χ2v) is 12.2. The number of nitrogens with one attached hydrogen (secondary N) is 1. The molecular weight excluding hydrogens is 428 g/mol. The summed E-state index contributed by atoms with van der Waals surface area (Å²) in [6.45, 7) is 0. The van der Waals surface area contributed by atoms with Crippen LogP contribution in [0.15, 0.2) is 38.5 Å². The molecular formula is C17H21ClN2O4S3. The number of rotatable bonds is 5. The van der Waals surface area contributed by atoms with Crippen molar-refractivity contribution in [3.8, 4) is 0 Å². The van der Waals surface area contributed by atoms with Gasteiger partial charge in [0.1, 0.15) is 5.00 Å². The second-order valence-electron chi connectivity index (χ2n) is 6.68. The molecule has 1 aromatic heterocycles. The van der Waals surface area contributed by atoms with Gasteiger partial charge in [0.05, 0.1) is 4.90 Å². The lowest BCUT2D eigenvalue weighted by Crippen LogP contribution is -2.19. The Bertz CT molecular complexity index is 1010. The average Bonchev–Trinajstić information content (AvgIpc) is 2.87. The SMILES string of the molecule is CS(=O)(=O)c1nc(S(=O)(=O)c2ccc(Cl)cc2)c(NC2CCCCCC2)s1. The molecule has 0 unspecified atom stereocenters. The lowest BCUT2D eigenvalue weighted by atomic mass is 10.1. The van der Waals surface area contributed by atoms with Crippen molar-refractivity contribution < 1.29 is 16.8 Å². The number of nitrogens with zero attached hydrogens (tertiary/aromatic N) is 1. The molecule has 1 fully saturated rings. The maximum atomic E-state index is 13.1. The van der Waals surface area contributed by atoms with Gasteiger partial charge < -0.3 is 5.32 Å². The average molecular weight is 449 g/mol. The van der Waals surface area contributed by atoms with Crippen molar-refractivity contribution in [2.75, 3.05) is 11.6 Å². The Morgan fingerprint density at radius 3 is 2.19 bits per heavy atom. The maximum absolute atomic E-state index is 13.1. The molecule has 1 saturated carbocycles. The summed E-state index contributed by atoms with van der Waals surface area (Å²) in [6, 6.07) is 5.87. The number of thiazole rings is 1. The van der Waals surface area contributed by atoms with Gasteiger partial charge in [-0.1, -0.05) is 48.6 Å². The summed E-state index contributed by atoms with van der Waals surface area (Å²) in [4.78, 5) is 4.02. The summed E-state index contributed by atoms with van der Waals surface area (Å²) < 4.78 is 49.9. The Balaban J connectivity index is 2.04. The van der Waals surface area contributed by atoms with Gasteiger partial charge in [-0.3, -0.25) is 0 Å². The van der Waals surface area contributed by atoms with Crippen LogP contribution in [0, 0.1) is 0 Å². The van der Waals surface area contributed by atoms with Gasteiger partial charge in [-0.15, -0.1) is 0 Å². The Labute approximate surface area is 168 Å². The molecule has 0 spiro atoms. The summed E-state index contributed by atoms with van der Waals surface area (Å²) >= 11 is 6.72. The van der Waals surface area contributed by atoms with Gasteiger partial charge in [0.25, 0.3) is 0 Å². The second kappa shape index (κ2) is 8.06. The van der Waals surface area contributed by atoms with Gasteiger partial charge in [0, 0.05) is 17.3 Å². The highest BCUT2D eigenvalue weighted by atomic mass is 35.5. The minimum atomic E-state index is -3.97. The third kappa shape index (κ3) is 4.82. The number of hydrogen-bond acceptors (Lipinski definition) is 7. The Morgan fingerprint density at radius 1 is 1.04 bits per heavy atom. The lowest BCUT2D eigenvalue weighted by Gasteiger charge is -2.17. The molecule has 0 bridgehead atoms. The Morgan fingerprint density at radius 2 is 1.63 bits per heavy atom. The first-order chi connectivity index (χ1) is 12.7. The summed E-state index contributed by atoms with van der Waals surface area (Å²) in [5.41, 5.74) is 0. The zero-order valence-corrected chi connectivity index (χ0v) is 18.0. The van der Waals surface area contributed by atoms with Crippen LogP contribution in [-0.2, 0) is 19.7 Å². The van der Waals surface area contributed by atoms with Gasteiger partial charge in [-0.25, -0.2) is 21.8 Å². The van der Waals surface area contributed by atoms with Crippen LogP contribution in [0.5, 0.6) is 0 Å². The van der Waals surface area contributed by atoms with Crippen LogP contribution in [0.4, 0.5) is 5.00 Å². The highest BCUT2D eigenvalue weighted by molar-refractivity contribution is 7.93. The monoisotopic (exact) mass is 448 g/mol. The van der Waals surface area contributed by atoms with Crippen LogP contribution in [0.25, 0.3) is 0 Å². The first-order valence-corrected chi connectivity index (χ1v) is 13.2. The van der Waals surface area contributed by atoms with E-state index in [0.717, 1.165) is 56.1 Å². The molecule has 0 saturated heterocycles. The third-order valence-corrected chi connectivity index (χ3v) is 9.21. The first-order valence-electron chi connectivity index (χ1n) is 8.66. The van der Waals surface area contributed by atoms with E-state index in [0.29, 0.717) is 5.02 Å². The molecule has 2 aromatic rings. The number of sulfone groups is 2. The molecule has 1 aromatic carbocycles. The molecule has 0 amide bonds. The fourth-order valence-corrected chi connectivity index (χ4v) is 6.76. The molecule has 10 heteroatoms. The van der Waals surface area contributed by atoms with Crippen molar-refractivity contribution in [1.29, 1.82) is 0 Å². The van der Waals surface area contributed by atoms with E-state index in [1.807, 2.05) is 0 Å². The van der Waals surface area contributed by atoms with Crippen LogP contribution in [0.2, 0.25) is 5.02 Å². The van der Waals surface area contributed by atoms with Gasteiger partial charge in [-0.05, 0) is 37.1 Å². The maximum Gasteiger partial charge on any atom is 0.226 e. The van der Waals surface area contributed by atoms with Crippen molar-refractivity contribution >= 4 is 47.6 Å². The van der Waals surface area contributed by atoms with Gasteiger partial charge >= 0.3 is 0 Å². The molecule has 1 aliphatic rings. The van der Waals surface area contributed by atoms with Crippen LogP contribution in [0.1, 0.15) is 38.5 Å². The van der Waals surface area contributed by atoms with Crippen molar-refractivity contribution in [3.63, 3.8) is 0 Å². The quantitative estimate of drug-likeness (QED) is 0.690. The summed E-state index contributed by atoms with van der Waals surface area (Å²) in [5, 5.41) is 3.73. The van der Waals surface area contributed by atoms with Crippen LogP contribution in [-0.4, -0.2) is 34.1 Å². The van der Waals surface area contributed by atoms with Crippen LogP contribution < -0.4 is 5.32 Å². The summed E-state index contributed by atoms with van der Waals surface area (Å²) in [5.74, 6) is 0. The lowest BCUT2D eigenvalue weighted by molar-refractivity contribution is 0.589. The van der Waals surface area contributed by atoms with Crippen molar-refractivity contribution in [2.24, 2.45) is 0 Å². The number of aromatic nitrogens is 1. The molecule has 1 heterocycles. The predicted octanol–water partition coefficient (Wildman–Crippen LogP) is 4.17. The van der Waals surface area contributed by atoms with Crippen LogP contribution >= 0.6 is 22.9 Å². The van der Waals surface area contributed by atoms with Crippen molar-refractivity contribution in [3.05, 3.63) is 29.3 Å². The first kappa shape index (κ1) is 20.6. The zero-order chi connectivity index (χ0) is 19.7. The standard InChI is InChI=1S/C17H21ClN2O4S3/c1-26(21,22)17-20-16(27(23,24)14-10-8-12(18)9-11-14)15(25-17)19-13-6-4-2-3-5-7-13/h8-11,13,19H,2-7H2,1H3. The minimum absolute atomic E-state index is 0.0289. The van der Waals surface area contributed by atoms with E-state index in [1.165, 1.54) is 24.3 Å². The molecule has 148 valence electrons. The molecule has 0 atom stereocenters. The largest absolute Gasteiger partial charge is 0.372 e. The molecule has 1 N–H and O–H groups in total. The number of hydrogen-bond donors (Lipinski definition) is 1. The number of anilines is 1. The summed E-state index contributed by atoms with van der Waals surface area (Å²) in [6.07, 6.45) is 7.32. The van der Waals surface area contributed by atoms with Gasteiger partial charge in [0.2, 0.25) is 24.0 Å². The number of benzene rings is 1. The van der Waals surface area contributed by atoms with Gasteiger partial charge in [0.15, 0.2) is 5.03 Å². The molecule has 0 aliphatic heterocycles. The van der Waals surface area contributed by atoms with E-state index in [-0.39, 0.29) is 25.3 Å². The smallest absolute Gasteiger partial charge is 0.226 e. The normalized spacial score (nSPS) is 16.8. The minimum Gasteiger partial charge on any atom is -0.372 e. The Hall–Kier alpha value is -1.16. The van der Waals surface area contributed by atoms with E-state index in [9.17, 15) is 16.8 Å². The molecule has 27 heavy (non-hydrogen) atoms. The van der Waals surface area contributed by atoms with E-state index in [1.54, 1.807) is 0 Å². The van der Waals surface area contributed by atoms with E-state index >= 15 is 0 Å². The van der Waals surface area contributed by atoms with E-state index in [2.05, 4.69) is 10.3 Å². The highest BCUT2D eigenvalue weighted by Gasteiger charge is 2.30. The molecule has 3 rings (SSSR count). The van der Waals surface area contributed by atoms with Crippen LogP contribution in [0.3, 0.4) is 0 Å². The highest BCUT2D eigenvalue weighted by Crippen LogP contribution is 2.36. The van der Waals surface area contributed by atoms with Crippen molar-refractivity contribution in [1.82, 2.24) is 4.98 Å². The van der Waals surface area contributed by atoms with E-state index in [4.69, 9.17) is 11.6 Å². The Kier molecular flexibility index (Phi) is 6.14. The van der Waals surface area contributed by atoms with E-state index < -0.39 is 19.7 Å². The topological polar surface area (TPSA) is 93.2 Å². The zero-order valence-electron chi connectivity index (χ0n) is 14.8. The van der Waals surface area contributed by atoms with Gasteiger partial charge in [-0.2, -0.15) is 0 Å². The predicted molar refractivity (Wildman–Crippen MR) is 107 cm³/mol. The third-order valence-electron chi connectivity index (χ3n) is 4.46. The molecule has 0 radical (unpaired) electrons. The van der Waals surface area contributed by atoms with Crippen molar-refractivity contribution in [2.45, 2.75) is 58.8 Å².